The number of imidazole rings is 1. The highest BCUT2D eigenvalue weighted by Gasteiger charge is 2.27. The number of carbonyl (C=O) groups is 2. The molecule has 2 aliphatic rings. The second-order valence-corrected chi connectivity index (χ2v) is 10.5. The fourth-order valence-electron chi connectivity index (χ4n) is 4.99. The summed E-state index contributed by atoms with van der Waals surface area (Å²) in [6.45, 7) is 8.14. The SMILES string of the molecule is CCc1nc2ccccc2n1-c1nc(N2CCOCC2)c2sc(CN3CCN(C(C)=O)CC3=O)cc2n1. The molecule has 192 valence electrons. The molecule has 0 bridgehead atoms. The molecule has 2 amide bonds. The van der Waals surface area contributed by atoms with Crippen molar-refractivity contribution in [2.75, 3.05) is 50.8 Å². The summed E-state index contributed by atoms with van der Waals surface area (Å²) in [5.74, 6) is 2.32. The molecule has 10 nitrogen and oxygen atoms in total. The molecule has 2 fully saturated rings. The lowest BCUT2D eigenvalue weighted by Gasteiger charge is -2.33. The maximum absolute atomic E-state index is 12.7. The summed E-state index contributed by atoms with van der Waals surface area (Å²) in [7, 11) is 0. The van der Waals surface area contributed by atoms with Crippen molar-refractivity contribution in [3.63, 3.8) is 0 Å². The normalized spacial score (nSPS) is 16.8. The number of aromatic nitrogens is 4. The summed E-state index contributed by atoms with van der Waals surface area (Å²) < 4.78 is 8.67. The fourth-order valence-corrected chi connectivity index (χ4v) is 6.12. The van der Waals surface area contributed by atoms with Crippen LogP contribution >= 0.6 is 11.3 Å². The van der Waals surface area contributed by atoms with Crippen LogP contribution in [0.15, 0.2) is 30.3 Å². The molecule has 0 aliphatic carbocycles. The van der Waals surface area contributed by atoms with Gasteiger partial charge in [-0.1, -0.05) is 19.1 Å². The van der Waals surface area contributed by atoms with Crippen molar-refractivity contribution < 1.29 is 14.3 Å². The summed E-state index contributed by atoms with van der Waals surface area (Å²) in [5.41, 5.74) is 2.77. The Bertz CT molecular complexity index is 1490. The number of hydrogen-bond acceptors (Lipinski definition) is 8. The summed E-state index contributed by atoms with van der Waals surface area (Å²) in [5, 5.41) is 0. The first-order valence-corrected chi connectivity index (χ1v) is 13.5. The zero-order chi connectivity index (χ0) is 25.5. The number of rotatable bonds is 5. The van der Waals surface area contributed by atoms with Crippen LogP contribution in [0.5, 0.6) is 0 Å². The first-order valence-electron chi connectivity index (χ1n) is 12.6. The molecule has 3 aromatic heterocycles. The lowest BCUT2D eigenvalue weighted by Crippen LogP contribution is -2.51. The van der Waals surface area contributed by atoms with E-state index < -0.39 is 0 Å². The molecule has 0 N–H and O–H groups in total. The van der Waals surface area contributed by atoms with Gasteiger partial charge in [0.1, 0.15) is 5.82 Å². The predicted molar refractivity (Wildman–Crippen MR) is 142 cm³/mol. The number of fused-ring (bicyclic) bond motifs is 2. The van der Waals surface area contributed by atoms with Crippen LogP contribution < -0.4 is 4.90 Å². The highest BCUT2D eigenvalue weighted by Crippen LogP contribution is 2.35. The molecule has 1 aromatic carbocycles. The van der Waals surface area contributed by atoms with E-state index in [1.165, 1.54) is 6.92 Å². The molecule has 0 unspecified atom stereocenters. The summed E-state index contributed by atoms with van der Waals surface area (Å²) in [6, 6.07) is 10.1. The summed E-state index contributed by atoms with van der Waals surface area (Å²) >= 11 is 1.63. The van der Waals surface area contributed by atoms with E-state index in [-0.39, 0.29) is 18.4 Å². The number of carbonyl (C=O) groups excluding carboxylic acids is 2. The van der Waals surface area contributed by atoms with Gasteiger partial charge in [0.25, 0.3) is 0 Å². The van der Waals surface area contributed by atoms with Crippen molar-refractivity contribution in [1.82, 2.24) is 29.3 Å². The molecule has 0 atom stereocenters. The van der Waals surface area contributed by atoms with E-state index in [0.717, 1.165) is 57.3 Å². The van der Waals surface area contributed by atoms with E-state index in [9.17, 15) is 9.59 Å². The average molecular weight is 520 g/mol. The molecule has 2 saturated heterocycles. The molecule has 2 aliphatic heterocycles. The Morgan fingerprint density at radius 2 is 1.86 bits per heavy atom. The molecule has 0 radical (unpaired) electrons. The molecule has 11 heteroatoms. The van der Waals surface area contributed by atoms with Gasteiger partial charge in [0.2, 0.25) is 17.8 Å². The molecule has 37 heavy (non-hydrogen) atoms. The number of para-hydroxylation sites is 2. The van der Waals surface area contributed by atoms with Crippen LogP contribution in [0.2, 0.25) is 0 Å². The Labute approximate surface area is 218 Å². The molecule has 5 heterocycles. The summed E-state index contributed by atoms with van der Waals surface area (Å²) in [4.78, 5) is 46.1. The number of nitrogens with zero attached hydrogens (tertiary/aromatic N) is 7. The predicted octanol–water partition coefficient (Wildman–Crippen LogP) is 2.62. The van der Waals surface area contributed by atoms with Gasteiger partial charge in [-0.05, 0) is 18.2 Å². The average Bonchev–Trinajstić information content (AvgIpc) is 3.50. The van der Waals surface area contributed by atoms with Crippen LogP contribution in [0.4, 0.5) is 5.82 Å². The number of thiophene rings is 1. The minimum absolute atomic E-state index is 0.0310. The Kier molecular flexibility index (Phi) is 6.25. The monoisotopic (exact) mass is 519 g/mol. The van der Waals surface area contributed by atoms with Gasteiger partial charge in [-0.3, -0.25) is 14.2 Å². The van der Waals surface area contributed by atoms with Gasteiger partial charge in [-0.2, -0.15) is 4.98 Å². The summed E-state index contributed by atoms with van der Waals surface area (Å²) in [6.07, 6.45) is 0.756. The van der Waals surface area contributed by atoms with Crippen LogP contribution in [0, 0.1) is 0 Å². The molecule has 4 aromatic rings. The maximum atomic E-state index is 12.7. The van der Waals surface area contributed by atoms with Crippen molar-refractivity contribution in [3.8, 4) is 5.95 Å². The van der Waals surface area contributed by atoms with Crippen molar-refractivity contribution in [1.29, 1.82) is 0 Å². The Morgan fingerprint density at radius 3 is 2.62 bits per heavy atom. The quantitative estimate of drug-likeness (QED) is 0.400. The second kappa shape index (κ2) is 9.71. The van der Waals surface area contributed by atoms with E-state index in [1.54, 1.807) is 16.2 Å². The standard InChI is InChI=1S/C26H29N7O3S/c1-3-22-27-19-6-4-5-7-21(19)33(22)26-28-20-14-18(15-32-9-8-31(17(2)34)16-23(32)35)37-24(20)25(29-26)30-10-12-36-13-11-30/h4-7,14H,3,8-13,15-16H2,1-2H3. The first kappa shape index (κ1) is 23.8. The minimum Gasteiger partial charge on any atom is -0.378 e. The van der Waals surface area contributed by atoms with Crippen LogP contribution in [-0.4, -0.2) is 87.1 Å². The van der Waals surface area contributed by atoms with E-state index in [0.29, 0.717) is 38.8 Å². The number of ether oxygens (including phenoxy) is 1. The number of morpholine rings is 1. The van der Waals surface area contributed by atoms with Gasteiger partial charge in [-0.15, -0.1) is 11.3 Å². The van der Waals surface area contributed by atoms with Crippen molar-refractivity contribution in [3.05, 3.63) is 41.0 Å². The van der Waals surface area contributed by atoms with Gasteiger partial charge in [0.15, 0.2) is 5.82 Å². The third-order valence-corrected chi connectivity index (χ3v) is 8.07. The number of anilines is 1. The maximum Gasteiger partial charge on any atom is 0.242 e. The van der Waals surface area contributed by atoms with Gasteiger partial charge >= 0.3 is 0 Å². The number of benzene rings is 1. The van der Waals surface area contributed by atoms with Crippen molar-refractivity contribution >= 4 is 50.2 Å². The zero-order valence-corrected chi connectivity index (χ0v) is 21.8. The molecular weight excluding hydrogens is 490 g/mol. The van der Waals surface area contributed by atoms with E-state index in [1.807, 2.05) is 23.1 Å². The second-order valence-electron chi connectivity index (χ2n) is 9.34. The lowest BCUT2D eigenvalue weighted by molar-refractivity contribution is -0.144. The Balaban J connectivity index is 1.42. The highest BCUT2D eigenvalue weighted by atomic mass is 32.1. The smallest absolute Gasteiger partial charge is 0.242 e. The van der Waals surface area contributed by atoms with E-state index in [2.05, 4.69) is 28.5 Å². The molecule has 0 spiro atoms. The van der Waals surface area contributed by atoms with Crippen LogP contribution in [0.25, 0.3) is 27.2 Å². The number of hydrogen-bond donors (Lipinski definition) is 0. The largest absolute Gasteiger partial charge is 0.378 e. The molecule has 0 saturated carbocycles. The fraction of sp³-hybridized carbons (Fsp3) is 0.423. The van der Waals surface area contributed by atoms with Crippen molar-refractivity contribution in [2.45, 2.75) is 26.8 Å². The minimum atomic E-state index is -0.0636. The van der Waals surface area contributed by atoms with Gasteiger partial charge in [-0.25, -0.2) is 9.97 Å². The van der Waals surface area contributed by atoms with Crippen molar-refractivity contribution in [2.24, 2.45) is 0 Å². The first-order chi connectivity index (χ1) is 18.0. The Hall–Kier alpha value is -3.57. The third-order valence-electron chi connectivity index (χ3n) is 6.96. The zero-order valence-electron chi connectivity index (χ0n) is 21.0. The van der Waals surface area contributed by atoms with Gasteiger partial charge in [0, 0.05) is 44.4 Å². The number of aryl methyl sites for hydroxylation is 1. The molecule has 6 rings (SSSR count). The van der Waals surface area contributed by atoms with E-state index >= 15 is 0 Å². The Morgan fingerprint density at radius 1 is 1.05 bits per heavy atom. The third kappa shape index (κ3) is 4.42. The molecular formula is C26H29N7O3S. The number of amides is 2. The van der Waals surface area contributed by atoms with Gasteiger partial charge in [0.05, 0.1) is 47.6 Å². The topological polar surface area (TPSA) is 96.7 Å². The van der Waals surface area contributed by atoms with E-state index in [4.69, 9.17) is 19.7 Å². The van der Waals surface area contributed by atoms with Crippen LogP contribution in [0.1, 0.15) is 24.5 Å². The van der Waals surface area contributed by atoms with Gasteiger partial charge < -0.3 is 19.4 Å². The lowest BCUT2D eigenvalue weighted by atomic mass is 10.3. The number of piperazine rings is 1. The van der Waals surface area contributed by atoms with Crippen LogP contribution in [-0.2, 0) is 27.3 Å². The van der Waals surface area contributed by atoms with Crippen LogP contribution in [0.3, 0.4) is 0 Å². The highest BCUT2D eigenvalue weighted by molar-refractivity contribution is 7.19.